The van der Waals surface area contributed by atoms with Crippen LogP contribution in [-0.2, 0) is 6.54 Å². The normalized spacial score (nSPS) is 10.9. The molecule has 1 aromatic heterocycles. The summed E-state index contributed by atoms with van der Waals surface area (Å²) in [6.07, 6.45) is 3.47. The van der Waals surface area contributed by atoms with Crippen LogP contribution in [0.3, 0.4) is 0 Å². The van der Waals surface area contributed by atoms with E-state index in [1.807, 2.05) is 13.8 Å². The van der Waals surface area contributed by atoms with Gasteiger partial charge in [0.1, 0.15) is 5.69 Å². The van der Waals surface area contributed by atoms with Crippen molar-refractivity contribution in [1.29, 1.82) is 0 Å². The molecule has 0 amide bonds. The molecule has 7 nitrogen and oxygen atoms in total. The van der Waals surface area contributed by atoms with Crippen LogP contribution in [0.5, 0.6) is 0 Å². The highest BCUT2D eigenvalue weighted by molar-refractivity contribution is 5.62. The first-order valence-corrected chi connectivity index (χ1v) is 6.66. The van der Waals surface area contributed by atoms with Crippen molar-refractivity contribution in [2.75, 3.05) is 12.4 Å². The van der Waals surface area contributed by atoms with Gasteiger partial charge in [0.25, 0.3) is 5.69 Å². The van der Waals surface area contributed by atoms with E-state index >= 15 is 0 Å². The van der Waals surface area contributed by atoms with Gasteiger partial charge in [-0.1, -0.05) is 6.07 Å². The van der Waals surface area contributed by atoms with Gasteiger partial charge in [0, 0.05) is 31.5 Å². The first-order valence-electron chi connectivity index (χ1n) is 6.66. The number of nitro groups is 1. The predicted molar refractivity (Wildman–Crippen MR) is 80.8 cm³/mol. The third-order valence-electron chi connectivity index (χ3n) is 3.31. The highest BCUT2D eigenvalue weighted by Crippen LogP contribution is 2.25. The fourth-order valence-corrected chi connectivity index (χ4v) is 2.18. The van der Waals surface area contributed by atoms with Crippen LogP contribution in [0.25, 0.3) is 0 Å². The maximum atomic E-state index is 12.1. The van der Waals surface area contributed by atoms with Gasteiger partial charge in [-0.25, -0.2) is 4.79 Å². The summed E-state index contributed by atoms with van der Waals surface area (Å²) in [4.78, 5) is 22.6. The molecule has 21 heavy (non-hydrogen) atoms. The lowest BCUT2D eigenvalue weighted by atomic mass is 10.1. The Morgan fingerprint density at radius 1 is 1.33 bits per heavy atom. The third-order valence-corrected chi connectivity index (χ3v) is 3.31. The summed E-state index contributed by atoms with van der Waals surface area (Å²) in [6, 6.07) is 4.91. The number of aromatic nitrogens is 2. The van der Waals surface area contributed by atoms with Gasteiger partial charge in [0.2, 0.25) is 0 Å². The molecular formula is C14H18N4O3. The van der Waals surface area contributed by atoms with Crippen molar-refractivity contribution in [3.05, 3.63) is 56.8 Å². The summed E-state index contributed by atoms with van der Waals surface area (Å²) in [5.74, 6) is 0. The van der Waals surface area contributed by atoms with E-state index < -0.39 is 4.92 Å². The van der Waals surface area contributed by atoms with E-state index in [0.29, 0.717) is 12.2 Å². The van der Waals surface area contributed by atoms with E-state index in [-0.39, 0.29) is 17.4 Å². The van der Waals surface area contributed by atoms with E-state index in [4.69, 9.17) is 0 Å². The van der Waals surface area contributed by atoms with Gasteiger partial charge in [-0.3, -0.25) is 19.2 Å². The van der Waals surface area contributed by atoms with Crippen LogP contribution in [0.15, 0.2) is 35.4 Å². The lowest BCUT2D eigenvalue weighted by molar-refractivity contribution is -0.383. The lowest BCUT2D eigenvalue weighted by Gasteiger charge is -2.07. The Bertz CT molecular complexity index is 715. The minimum absolute atomic E-state index is 0.0216. The molecule has 0 spiro atoms. The van der Waals surface area contributed by atoms with Crippen molar-refractivity contribution in [2.24, 2.45) is 0 Å². The fourth-order valence-electron chi connectivity index (χ4n) is 2.18. The van der Waals surface area contributed by atoms with Crippen molar-refractivity contribution in [3.63, 3.8) is 0 Å². The summed E-state index contributed by atoms with van der Waals surface area (Å²) >= 11 is 0. The molecule has 0 aliphatic heterocycles. The number of benzene rings is 1. The third kappa shape index (κ3) is 2.96. The van der Waals surface area contributed by atoms with Gasteiger partial charge in [0.05, 0.1) is 11.5 Å². The number of anilines is 1. The molecule has 1 aromatic carbocycles. The SMILES string of the molecule is CNc1cc(Cn2ccn(C(C)C)c2=O)ccc1[N+](=O)[O-]. The molecule has 0 saturated carbocycles. The lowest BCUT2D eigenvalue weighted by Crippen LogP contribution is -2.25. The van der Waals surface area contributed by atoms with E-state index in [2.05, 4.69) is 5.32 Å². The minimum atomic E-state index is -0.434. The predicted octanol–water partition coefficient (Wildman–Crippen LogP) is 2.23. The van der Waals surface area contributed by atoms with Gasteiger partial charge < -0.3 is 5.32 Å². The smallest absolute Gasteiger partial charge is 0.328 e. The summed E-state index contributed by atoms with van der Waals surface area (Å²) < 4.78 is 3.23. The molecule has 0 unspecified atom stereocenters. The number of nitrogens with zero attached hydrogens (tertiary/aromatic N) is 3. The molecule has 2 aromatic rings. The van der Waals surface area contributed by atoms with Crippen molar-refractivity contribution in [3.8, 4) is 0 Å². The van der Waals surface area contributed by atoms with Crippen LogP contribution >= 0.6 is 0 Å². The van der Waals surface area contributed by atoms with Crippen molar-refractivity contribution < 1.29 is 4.92 Å². The van der Waals surface area contributed by atoms with Gasteiger partial charge in [-0.2, -0.15) is 0 Å². The van der Waals surface area contributed by atoms with Crippen LogP contribution in [0.4, 0.5) is 11.4 Å². The second-order valence-corrected chi connectivity index (χ2v) is 5.07. The topological polar surface area (TPSA) is 82.1 Å². The zero-order valence-corrected chi connectivity index (χ0v) is 12.2. The van der Waals surface area contributed by atoms with Crippen molar-refractivity contribution in [2.45, 2.75) is 26.4 Å². The summed E-state index contributed by atoms with van der Waals surface area (Å²) in [5.41, 5.74) is 1.20. The van der Waals surface area contributed by atoms with Crippen LogP contribution in [-0.4, -0.2) is 21.1 Å². The quantitative estimate of drug-likeness (QED) is 0.676. The fraction of sp³-hybridized carbons (Fsp3) is 0.357. The number of nitro benzene ring substituents is 1. The Labute approximate surface area is 122 Å². The van der Waals surface area contributed by atoms with Gasteiger partial charge in [-0.15, -0.1) is 0 Å². The largest absolute Gasteiger partial charge is 0.383 e. The first kappa shape index (κ1) is 14.8. The van der Waals surface area contributed by atoms with Crippen LogP contribution < -0.4 is 11.0 Å². The number of rotatable bonds is 5. The molecule has 0 aliphatic carbocycles. The highest BCUT2D eigenvalue weighted by atomic mass is 16.6. The number of imidazole rings is 1. The molecule has 0 atom stereocenters. The Hall–Kier alpha value is -2.57. The molecule has 7 heteroatoms. The molecule has 0 saturated heterocycles. The maximum absolute atomic E-state index is 12.1. The minimum Gasteiger partial charge on any atom is -0.383 e. The summed E-state index contributed by atoms with van der Waals surface area (Å²) in [5, 5.41) is 13.7. The van der Waals surface area contributed by atoms with Gasteiger partial charge in [0.15, 0.2) is 0 Å². The van der Waals surface area contributed by atoms with Gasteiger partial charge in [-0.05, 0) is 25.5 Å². The average Bonchev–Trinajstić information content (AvgIpc) is 2.80. The molecular weight excluding hydrogens is 272 g/mol. The summed E-state index contributed by atoms with van der Waals surface area (Å²) in [6.45, 7) is 4.26. The molecule has 0 aliphatic rings. The van der Waals surface area contributed by atoms with Crippen LogP contribution in [0, 0.1) is 10.1 Å². The average molecular weight is 290 g/mol. The van der Waals surface area contributed by atoms with Gasteiger partial charge >= 0.3 is 5.69 Å². The molecule has 1 N–H and O–H groups in total. The van der Waals surface area contributed by atoms with Crippen molar-refractivity contribution >= 4 is 11.4 Å². The summed E-state index contributed by atoms with van der Waals surface area (Å²) in [7, 11) is 1.63. The molecule has 2 rings (SSSR count). The molecule has 1 heterocycles. The van der Waals surface area contributed by atoms with E-state index in [9.17, 15) is 14.9 Å². The van der Waals surface area contributed by atoms with Crippen LogP contribution in [0.1, 0.15) is 25.5 Å². The Morgan fingerprint density at radius 3 is 2.57 bits per heavy atom. The second kappa shape index (κ2) is 5.82. The number of nitrogens with one attached hydrogen (secondary N) is 1. The zero-order chi connectivity index (χ0) is 15.6. The second-order valence-electron chi connectivity index (χ2n) is 5.07. The molecule has 0 bridgehead atoms. The zero-order valence-electron chi connectivity index (χ0n) is 12.2. The first-order chi connectivity index (χ1) is 9.93. The van der Waals surface area contributed by atoms with E-state index in [0.717, 1.165) is 5.56 Å². The molecule has 0 fully saturated rings. The van der Waals surface area contributed by atoms with E-state index in [1.54, 1.807) is 40.7 Å². The molecule has 0 radical (unpaired) electrons. The maximum Gasteiger partial charge on any atom is 0.328 e. The standard InChI is InChI=1S/C14H18N4O3/c1-10(2)17-7-6-16(14(17)19)9-11-4-5-13(18(20)21)12(8-11)15-3/h4-8,10,15H,9H2,1-3H3. The number of hydrogen-bond donors (Lipinski definition) is 1. The Balaban J connectivity index is 2.32. The number of hydrogen-bond acceptors (Lipinski definition) is 4. The van der Waals surface area contributed by atoms with Crippen molar-refractivity contribution in [1.82, 2.24) is 9.13 Å². The van der Waals surface area contributed by atoms with Crippen LogP contribution in [0.2, 0.25) is 0 Å². The monoisotopic (exact) mass is 290 g/mol. The Kier molecular flexibility index (Phi) is 4.11. The highest BCUT2D eigenvalue weighted by Gasteiger charge is 2.13. The van der Waals surface area contributed by atoms with E-state index in [1.165, 1.54) is 6.07 Å². The molecule has 112 valence electrons. The Morgan fingerprint density at radius 2 is 2.05 bits per heavy atom.